The standard InChI is InChI=1S/C16H13F3O2/c1-10-9-13(21-2)7-8-14(10)15(20)11-3-5-12(6-4-11)16(17,18)19/h3-9H,1-2H3. The van der Waals surface area contributed by atoms with Crippen LogP contribution in [0, 0.1) is 6.92 Å². The highest BCUT2D eigenvalue weighted by Crippen LogP contribution is 2.29. The molecular formula is C16H13F3O2. The topological polar surface area (TPSA) is 26.3 Å². The summed E-state index contributed by atoms with van der Waals surface area (Å²) in [4.78, 5) is 12.3. The SMILES string of the molecule is COc1ccc(C(=O)c2ccc(C(F)(F)F)cc2)c(C)c1. The molecule has 0 aromatic heterocycles. The van der Waals surface area contributed by atoms with Crippen molar-refractivity contribution in [2.24, 2.45) is 0 Å². The fraction of sp³-hybridized carbons (Fsp3) is 0.188. The van der Waals surface area contributed by atoms with Gasteiger partial charge < -0.3 is 4.74 Å². The van der Waals surface area contributed by atoms with E-state index < -0.39 is 11.7 Å². The van der Waals surface area contributed by atoms with Crippen LogP contribution in [0.1, 0.15) is 27.0 Å². The summed E-state index contributed by atoms with van der Waals surface area (Å²) in [6, 6.07) is 9.15. The van der Waals surface area contributed by atoms with Crippen molar-refractivity contribution in [3.8, 4) is 5.75 Å². The molecule has 0 aliphatic carbocycles. The van der Waals surface area contributed by atoms with E-state index in [2.05, 4.69) is 0 Å². The van der Waals surface area contributed by atoms with E-state index in [0.717, 1.165) is 12.1 Å². The second kappa shape index (κ2) is 5.60. The number of alkyl halides is 3. The van der Waals surface area contributed by atoms with E-state index in [0.29, 0.717) is 16.9 Å². The number of carbonyl (C=O) groups excluding carboxylic acids is 1. The van der Waals surface area contributed by atoms with E-state index in [1.807, 2.05) is 0 Å². The van der Waals surface area contributed by atoms with Crippen LogP contribution in [0.3, 0.4) is 0 Å². The second-order valence-electron chi connectivity index (χ2n) is 4.59. The van der Waals surface area contributed by atoms with Gasteiger partial charge in [-0.25, -0.2) is 0 Å². The number of carbonyl (C=O) groups is 1. The molecule has 0 spiro atoms. The Labute approximate surface area is 120 Å². The van der Waals surface area contributed by atoms with Gasteiger partial charge in [0.1, 0.15) is 5.75 Å². The number of methoxy groups -OCH3 is 1. The first-order valence-electron chi connectivity index (χ1n) is 6.19. The summed E-state index contributed by atoms with van der Waals surface area (Å²) in [7, 11) is 1.52. The molecule has 0 N–H and O–H groups in total. The third-order valence-electron chi connectivity index (χ3n) is 3.15. The van der Waals surface area contributed by atoms with Gasteiger partial charge in [-0.05, 0) is 42.8 Å². The van der Waals surface area contributed by atoms with Gasteiger partial charge in [-0.1, -0.05) is 12.1 Å². The molecule has 2 rings (SSSR count). The van der Waals surface area contributed by atoms with Crippen LogP contribution in [0.4, 0.5) is 13.2 Å². The Morgan fingerprint density at radius 3 is 2.14 bits per heavy atom. The highest BCUT2D eigenvalue weighted by atomic mass is 19.4. The fourth-order valence-corrected chi connectivity index (χ4v) is 1.98. The zero-order valence-electron chi connectivity index (χ0n) is 11.5. The largest absolute Gasteiger partial charge is 0.497 e. The molecule has 21 heavy (non-hydrogen) atoms. The van der Waals surface area contributed by atoms with E-state index in [-0.39, 0.29) is 11.3 Å². The molecule has 0 saturated carbocycles. The second-order valence-corrected chi connectivity index (χ2v) is 4.59. The van der Waals surface area contributed by atoms with Crippen molar-refractivity contribution < 1.29 is 22.7 Å². The third kappa shape index (κ3) is 3.24. The number of halogens is 3. The van der Waals surface area contributed by atoms with Crippen molar-refractivity contribution in [1.82, 2.24) is 0 Å². The molecule has 0 aliphatic rings. The molecule has 2 nitrogen and oxygen atoms in total. The van der Waals surface area contributed by atoms with Crippen molar-refractivity contribution in [3.05, 3.63) is 64.7 Å². The van der Waals surface area contributed by atoms with Crippen molar-refractivity contribution >= 4 is 5.78 Å². The number of ketones is 1. The van der Waals surface area contributed by atoms with E-state index in [9.17, 15) is 18.0 Å². The number of rotatable bonds is 3. The van der Waals surface area contributed by atoms with Gasteiger partial charge in [-0.15, -0.1) is 0 Å². The zero-order valence-corrected chi connectivity index (χ0v) is 11.5. The summed E-state index contributed by atoms with van der Waals surface area (Å²) in [5.41, 5.74) is 0.594. The quantitative estimate of drug-likeness (QED) is 0.791. The van der Waals surface area contributed by atoms with Gasteiger partial charge in [-0.2, -0.15) is 13.2 Å². The summed E-state index contributed by atoms with van der Waals surface area (Å²) in [6.07, 6.45) is -4.41. The highest BCUT2D eigenvalue weighted by Gasteiger charge is 2.30. The zero-order chi connectivity index (χ0) is 15.6. The van der Waals surface area contributed by atoms with Gasteiger partial charge in [0.15, 0.2) is 5.78 Å². The fourth-order valence-electron chi connectivity index (χ4n) is 1.98. The molecule has 0 amide bonds. The molecule has 0 bridgehead atoms. The maximum absolute atomic E-state index is 12.5. The average Bonchev–Trinajstić information content (AvgIpc) is 2.45. The van der Waals surface area contributed by atoms with Crippen molar-refractivity contribution in [2.75, 3.05) is 7.11 Å². The van der Waals surface area contributed by atoms with Gasteiger partial charge >= 0.3 is 6.18 Å². The Balaban J connectivity index is 2.32. The Kier molecular flexibility index (Phi) is 4.02. The maximum Gasteiger partial charge on any atom is 0.416 e. The lowest BCUT2D eigenvalue weighted by Gasteiger charge is -2.09. The lowest BCUT2D eigenvalue weighted by atomic mass is 9.98. The molecule has 110 valence electrons. The highest BCUT2D eigenvalue weighted by molar-refractivity contribution is 6.09. The number of ether oxygens (including phenoxy) is 1. The molecule has 0 unspecified atom stereocenters. The van der Waals surface area contributed by atoms with Crippen LogP contribution in [0.25, 0.3) is 0 Å². The van der Waals surface area contributed by atoms with Crippen molar-refractivity contribution in [2.45, 2.75) is 13.1 Å². The van der Waals surface area contributed by atoms with Gasteiger partial charge in [-0.3, -0.25) is 4.79 Å². The van der Waals surface area contributed by atoms with Crippen molar-refractivity contribution in [3.63, 3.8) is 0 Å². The Hall–Kier alpha value is -2.30. The van der Waals surface area contributed by atoms with E-state index >= 15 is 0 Å². The summed E-state index contributed by atoms with van der Waals surface area (Å²) in [5.74, 6) is 0.306. The predicted molar refractivity (Wildman–Crippen MR) is 72.6 cm³/mol. The Morgan fingerprint density at radius 2 is 1.67 bits per heavy atom. The number of hydrogen-bond acceptors (Lipinski definition) is 2. The van der Waals surface area contributed by atoms with Gasteiger partial charge in [0.05, 0.1) is 12.7 Å². The summed E-state index contributed by atoms with van der Waals surface area (Å²) in [6.45, 7) is 1.75. The minimum Gasteiger partial charge on any atom is -0.497 e. The molecule has 0 saturated heterocycles. The third-order valence-corrected chi connectivity index (χ3v) is 3.15. The van der Waals surface area contributed by atoms with Gasteiger partial charge in [0.2, 0.25) is 0 Å². The summed E-state index contributed by atoms with van der Waals surface area (Å²) < 4.78 is 42.5. The van der Waals surface area contributed by atoms with Crippen LogP contribution in [-0.2, 0) is 6.18 Å². The number of hydrogen-bond donors (Lipinski definition) is 0. The lowest BCUT2D eigenvalue weighted by Crippen LogP contribution is -2.07. The molecule has 0 atom stereocenters. The number of aryl methyl sites for hydroxylation is 1. The van der Waals surface area contributed by atoms with Gasteiger partial charge in [0, 0.05) is 11.1 Å². The van der Waals surface area contributed by atoms with E-state index in [4.69, 9.17) is 4.74 Å². The molecule has 0 heterocycles. The normalized spacial score (nSPS) is 11.3. The first kappa shape index (κ1) is 15.1. The summed E-state index contributed by atoms with van der Waals surface area (Å²) >= 11 is 0. The van der Waals surface area contributed by atoms with Crippen LogP contribution in [0.2, 0.25) is 0 Å². The molecular weight excluding hydrogens is 281 g/mol. The monoisotopic (exact) mass is 294 g/mol. The number of benzene rings is 2. The molecule has 2 aromatic carbocycles. The smallest absolute Gasteiger partial charge is 0.416 e. The Morgan fingerprint density at radius 1 is 1.05 bits per heavy atom. The minimum absolute atomic E-state index is 0.219. The van der Waals surface area contributed by atoms with Crippen LogP contribution in [0.15, 0.2) is 42.5 Å². The molecule has 0 fully saturated rings. The molecule has 0 radical (unpaired) electrons. The van der Waals surface area contributed by atoms with Crippen LogP contribution < -0.4 is 4.74 Å². The predicted octanol–water partition coefficient (Wildman–Crippen LogP) is 4.25. The first-order valence-corrected chi connectivity index (χ1v) is 6.19. The molecule has 2 aromatic rings. The van der Waals surface area contributed by atoms with Crippen LogP contribution in [-0.4, -0.2) is 12.9 Å². The van der Waals surface area contributed by atoms with Crippen molar-refractivity contribution in [1.29, 1.82) is 0 Å². The Bertz CT molecular complexity index is 658. The minimum atomic E-state index is -4.41. The summed E-state index contributed by atoms with van der Waals surface area (Å²) in [5, 5.41) is 0. The molecule has 0 aliphatic heterocycles. The van der Waals surface area contributed by atoms with E-state index in [1.54, 1.807) is 25.1 Å². The first-order chi connectivity index (χ1) is 9.82. The van der Waals surface area contributed by atoms with E-state index in [1.165, 1.54) is 19.2 Å². The van der Waals surface area contributed by atoms with Gasteiger partial charge in [0.25, 0.3) is 0 Å². The molecule has 5 heteroatoms. The average molecular weight is 294 g/mol. The van der Waals surface area contributed by atoms with Crippen LogP contribution in [0.5, 0.6) is 5.75 Å². The lowest BCUT2D eigenvalue weighted by molar-refractivity contribution is -0.137. The van der Waals surface area contributed by atoms with Crippen LogP contribution >= 0.6 is 0 Å². The maximum atomic E-state index is 12.5.